The molecule has 1 aromatic carbocycles. The van der Waals surface area contributed by atoms with E-state index in [-0.39, 0.29) is 25.5 Å². The lowest BCUT2D eigenvalue weighted by Gasteiger charge is -2.19. The number of carbonyl (C=O) groups is 1. The molecule has 1 amide bonds. The molecule has 1 aromatic rings. The van der Waals surface area contributed by atoms with Gasteiger partial charge in [-0.25, -0.2) is 8.42 Å². The van der Waals surface area contributed by atoms with Crippen molar-refractivity contribution in [2.75, 3.05) is 46.7 Å². The highest BCUT2D eigenvalue weighted by Crippen LogP contribution is 2.16. The molecule has 0 aliphatic rings. The Labute approximate surface area is 131 Å². The molecule has 0 saturated carbocycles. The molecule has 8 heteroatoms. The standard InChI is InChI=1S/C14H22N2O5S/c1-20-11-10-16(22(3,18)19)9-8-15-14(17)12-6-4-5-7-13(12)21-2/h4-7H,8-11H2,1-3H3,(H,15,17). The van der Waals surface area contributed by atoms with E-state index in [9.17, 15) is 13.2 Å². The Hall–Kier alpha value is -1.64. The molecule has 0 heterocycles. The van der Waals surface area contributed by atoms with Crippen LogP contribution in [0.25, 0.3) is 0 Å². The Bertz CT molecular complexity index is 589. The van der Waals surface area contributed by atoms with Gasteiger partial charge < -0.3 is 14.8 Å². The van der Waals surface area contributed by atoms with Gasteiger partial charge in [-0.1, -0.05) is 12.1 Å². The van der Waals surface area contributed by atoms with Crippen molar-refractivity contribution in [1.29, 1.82) is 0 Å². The van der Waals surface area contributed by atoms with Gasteiger partial charge in [0.25, 0.3) is 5.91 Å². The van der Waals surface area contributed by atoms with Crippen LogP contribution in [0.2, 0.25) is 0 Å². The van der Waals surface area contributed by atoms with Crippen LogP contribution >= 0.6 is 0 Å². The fourth-order valence-corrected chi connectivity index (χ4v) is 2.69. The third-order valence-electron chi connectivity index (χ3n) is 3.01. The minimum atomic E-state index is -3.34. The summed E-state index contributed by atoms with van der Waals surface area (Å²) in [5.74, 6) is 0.164. The van der Waals surface area contributed by atoms with Crippen molar-refractivity contribution in [2.24, 2.45) is 0 Å². The number of hydrogen-bond donors (Lipinski definition) is 1. The molecule has 7 nitrogen and oxygen atoms in total. The smallest absolute Gasteiger partial charge is 0.255 e. The van der Waals surface area contributed by atoms with Crippen molar-refractivity contribution in [2.45, 2.75) is 0 Å². The zero-order chi connectivity index (χ0) is 16.6. The third kappa shape index (κ3) is 5.63. The number of sulfonamides is 1. The molecule has 0 saturated heterocycles. The second-order valence-corrected chi connectivity index (χ2v) is 6.59. The summed E-state index contributed by atoms with van der Waals surface area (Å²) in [5, 5.41) is 2.69. The fourth-order valence-electron chi connectivity index (χ4n) is 1.86. The molecule has 1 rings (SSSR count). The Morgan fingerprint density at radius 1 is 1.23 bits per heavy atom. The summed E-state index contributed by atoms with van der Waals surface area (Å²) in [5.41, 5.74) is 0.410. The normalized spacial score (nSPS) is 11.5. The van der Waals surface area contributed by atoms with E-state index < -0.39 is 10.0 Å². The Morgan fingerprint density at radius 2 is 1.91 bits per heavy atom. The first-order valence-electron chi connectivity index (χ1n) is 6.75. The van der Waals surface area contributed by atoms with Crippen molar-refractivity contribution in [3.63, 3.8) is 0 Å². The molecule has 0 bridgehead atoms. The minimum Gasteiger partial charge on any atom is -0.496 e. The van der Waals surface area contributed by atoms with Gasteiger partial charge in [0.15, 0.2) is 0 Å². The van der Waals surface area contributed by atoms with Gasteiger partial charge >= 0.3 is 0 Å². The van der Waals surface area contributed by atoms with Gasteiger partial charge in [-0.3, -0.25) is 4.79 Å². The van der Waals surface area contributed by atoms with Crippen molar-refractivity contribution in [3.8, 4) is 5.75 Å². The SMILES string of the molecule is COCCN(CCNC(=O)c1ccccc1OC)S(C)(=O)=O. The van der Waals surface area contributed by atoms with Crippen molar-refractivity contribution in [3.05, 3.63) is 29.8 Å². The van der Waals surface area contributed by atoms with Gasteiger partial charge in [0, 0.05) is 26.7 Å². The van der Waals surface area contributed by atoms with Crippen LogP contribution in [0.15, 0.2) is 24.3 Å². The van der Waals surface area contributed by atoms with Crippen LogP contribution < -0.4 is 10.1 Å². The second-order valence-electron chi connectivity index (χ2n) is 4.61. The van der Waals surface area contributed by atoms with Gasteiger partial charge in [0.1, 0.15) is 5.75 Å². The molecule has 0 fully saturated rings. The van der Waals surface area contributed by atoms with Gasteiger partial charge in [-0.2, -0.15) is 4.31 Å². The predicted octanol–water partition coefficient (Wildman–Crippen LogP) is 0.333. The van der Waals surface area contributed by atoms with Crippen LogP contribution in [-0.2, 0) is 14.8 Å². The summed E-state index contributed by atoms with van der Waals surface area (Å²) in [7, 11) is -0.343. The molecule has 22 heavy (non-hydrogen) atoms. The molecule has 124 valence electrons. The fraction of sp³-hybridized carbons (Fsp3) is 0.500. The van der Waals surface area contributed by atoms with E-state index in [1.54, 1.807) is 24.3 Å². The number of amides is 1. The molecular formula is C14H22N2O5S. The maximum absolute atomic E-state index is 12.1. The molecule has 0 unspecified atom stereocenters. The molecule has 0 radical (unpaired) electrons. The lowest BCUT2D eigenvalue weighted by molar-refractivity contribution is 0.0947. The summed E-state index contributed by atoms with van der Waals surface area (Å²) in [6.07, 6.45) is 1.13. The first-order valence-corrected chi connectivity index (χ1v) is 8.60. The number of ether oxygens (including phenoxy) is 2. The van der Waals surface area contributed by atoms with Gasteiger partial charge in [0.05, 0.1) is 25.5 Å². The number of hydrogen-bond acceptors (Lipinski definition) is 5. The Morgan fingerprint density at radius 3 is 2.50 bits per heavy atom. The summed E-state index contributed by atoms with van der Waals surface area (Å²) in [4.78, 5) is 12.1. The average molecular weight is 330 g/mol. The van der Waals surface area contributed by atoms with Crippen LogP contribution in [0.1, 0.15) is 10.4 Å². The lowest BCUT2D eigenvalue weighted by Crippen LogP contribution is -2.39. The van der Waals surface area contributed by atoms with Crippen molar-refractivity contribution < 1.29 is 22.7 Å². The second kappa shape index (κ2) is 8.72. The summed E-state index contributed by atoms with van der Waals surface area (Å²) in [6.45, 7) is 0.935. The van der Waals surface area contributed by atoms with E-state index in [0.717, 1.165) is 6.26 Å². The van der Waals surface area contributed by atoms with Gasteiger partial charge in [0.2, 0.25) is 10.0 Å². The first kappa shape index (κ1) is 18.4. The number of para-hydroxylation sites is 1. The van der Waals surface area contributed by atoms with Crippen LogP contribution in [0, 0.1) is 0 Å². The van der Waals surface area contributed by atoms with Crippen LogP contribution in [0.5, 0.6) is 5.75 Å². The van der Waals surface area contributed by atoms with E-state index in [1.807, 2.05) is 0 Å². The number of rotatable bonds is 9. The van der Waals surface area contributed by atoms with Crippen molar-refractivity contribution in [1.82, 2.24) is 9.62 Å². The average Bonchev–Trinajstić information content (AvgIpc) is 2.49. The van der Waals surface area contributed by atoms with Crippen molar-refractivity contribution >= 4 is 15.9 Å². The molecular weight excluding hydrogens is 308 g/mol. The van der Waals surface area contributed by atoms with E-state index in [1.165, 1.54) is 18.5 Å². The largest absolute Gasteiger partial charge is 0.496 e. The monoisotopic (exact) mass is 330 g/mol. The summed E-state index contributed by atoms with van der Waals surface area (Å²) < 4.78 is 34.5. The zero-order valence-electron chi connectivity index (χ0n) is 13.0. The Balaban J connectivity index is 2.59. The number of methoxy groups -OCH3 is 2. The van der Waals surface area contributed by atoms with Crippen LogP contribution in [0.3, 0.4) is 0 Å². The number of benzene rings is 1. The van der Waals surface area contributed by atoms with Gasteiger partial charge in [-0.15, -0.1) is 0 Å². The highest BCUT2D eigenvalue weighted by molar-refractivity contribution is 7.88. The minimum absolute atomic E-state index is 0.184. The number of carbonyl (C=O) groups excluding carboxylic acids is 1. The van der Waals surface area contributed by atoms with Crippen LogP contribution in [0.4, 0.5) is 0 Å². The van der Waals surface area contributed by atoms with E-state index in [0.29, 0.717) is 17.9 Å². The maximum atomic E-state index is 12.1. The maximum Gasteiger partial charge on any atom is 0.255 e. The number of nitrogens with one attached hydrogen (secondary N) is 1. The highest BCUT2D eigenvalue weighted by atomic mass is 32.2. The molecule has 0 aromatic heterocycles. The topological polar surface area (TPSA) is 84.9 Å². The summed E-state index contributed by atoms with van der Waals surface area (Å²) >= 11 is 0. The highest BCUT2D eigenvalue weighted by Gasteiger charge is 2.17. The third-order valence-corrected chi connectivity index (χ3v) is 4.32. The number of nitrogens with zero attached hydrogens (tertiary/aromatic N) is 1. The van der Waals surface area contributed by atoms with Crippen LogP contribution in [-0.4, -0.2) is 65.3 Å². The molecule has 0 spiro atoms. The molecule has 1 N–H and O–H groups in total. The molecule has 0 aliphatic heterocycles. The van der Waals surface area contributed by atoms with E-state index >= 15 is 0 Å². The lowest BCUT2D eigenvalue weighted by atomic mass is 10.2. The summed E-state index contributed by atoms with van der Waals surface area (Å²) in [6, 6.07) is 6.84. The quantitative estimate of drug-likeness (QED) is 0.705. The molecule has 0 aliphatic carbocycles. The predicted molar refractivity (Wildman–Crippen MR) is 83.6 cm³/mol. The zero-order valence-corrected chi connectivity index (χ0v) is 13.9. The first-order chi connectivity index (χ1) is 10.4. The molecule has 0 atom stereocenters. The Kier molecular flexibility index (Phi) is 7.30. The van der Waals surface area contributed by atoms with Gasteiger partial charge in [-0.05, 0) is 12.1 Å². The van der Waals surface area contributed by atoms with E-state index in [2.05, 4.69) is 5.32 Å². The van der Waals surface area contributed by atoms with E-state index in [4.69, 9.17) is 9.47 Å².